The number of aliphatic hydroxyl groups excluding tert-OH is 1. The van der Waals surface area contributed by atoms with Crippen LogP contribution in [0.3, 0.4) is 0 Å². The second kappa shape index (κ2) is 7.81. The molecule has 1 aromatic carbocycles. The zero-order valence-electron chi connectivity index (χ0n) is 10.6. The van der Waals surface area contributed by atoms with Crippen molar-refractivity contribution in [3.05, 3.63) is 35.9 Å². The number of benzene rings is 1. The quantitative estimate of drug-likeness (QED) is 0.698. The van der Waals surface area contributed by atoms with Crippen LogP contribution in [0.4, 0.5) is 0 Å². The lowest BCUT2D eigenvalue weighted by Gasteiger charge is -2.15. The fourth-order valence-electron chi connectivity index (χ4n) is 1.49. The number of carbonyl (C=O) groups is 2. The average molecular weight is 289 g/mol. The highest BCUT2D eigenvalue weighted by Crippen LogP contribution is 2.18. The van der Waals surface area contributed by atoms with E-state index in [4.69, 9.17) is 5.11 Å². The van der Waals surface area contributed by atoms with Gasteiger partial charge >= 0.3 is 5.97 Å². The van der Waals surface area contributed by atoms with Gasteiger partial charge in [0, 0.05) is 18.4 Å². The van der Waals surface area contributed by atoms with Gasteiger partial charge in [0.25, 0.3) is 0 Å². The molecule has 0 aliphatic heterocycles. The topological polar surface area (TPSA) is 86.6 Å². The molecule has 3 N–H and O–H groups in total. The molecule has 0 saturated heterocycles. The van der Waals surface area contributed by atoms with Crippen LogP contribution in [0.25, 0.3) is 0 Å². The van der Waals surface area contributed by atoms with Gasteiger partial charge < -0.3 is 15.5 Å². The third-order valence-corrected chi connectivity index (χ3v) is 3.54. The fourth-order valence-corrected chi connectivity index (χ4v) is 2.50. The minimum absolute atomic E-state index is 0.221. The molecule has 0 saturated carbocycles. The molecule has 0 spiro atoms. The number of carboxylic acid groups (broad SMARTS) is 1. The van der Waals surface area contributed by atoms with Crippen molar-refractivity contribution in [3.63, 3.8) is 0 Å². The van der Waals surface area contributed by atoms with Crippen molar-refractivity contribution in [2.45, 2.75) is 19.1 Å². The molecule has 104 valence electrons. The van der Waals surface area contributed by atoms with E-state index in [9.17, 15) is 14.7 Å². The Kier molecular flexibility index (Phi) is 6.38. The molecule has 0 fully saturated rings. The molecule has 0 aliphatic rings. The Morgan fingerprint density at radius 3 is 2.42 bits per heavy atom. The Hall–Kier alpha value is -1.53. The molecule has 5 nitrogen and oxygen atoms in total. The third-order valence-electron chi connectivity index (χ3n) is 2.42. The molecule has 0 bridgehead atoms. The Morgan fingerprint density at radius 1 is 1.26 bits per heavy atom. The lowest BCUT2D eigenvalue weighted by Crippen LogP contribution is -2.41. The molecular formula is C13H17NO4S. The van der Waals surface area contributed by atoms with Gasteiger partial charge in [0.2, 0.25) is 5.91 Å². The van der Waals surface area contributed by atoms with Crippen molar-refractivity contribution in [1.29, 1.82) is 0 Å². The highest BCUT2D eigenvalue weighted by molar-refractivity contribution is 7.99. The number of hydrogen-bond donors (Lipinski definition) is 3. The SMILES string of the molecule is CC(=O)N[C@@H](CSCC(O)[13c]1[13cH][13cH][13cH][13cH][13cH]1)C(=O)O. The van der Waals surface area contributed by atoms with E-state index in [1.54, 1.807) is 0 Å². The van der Waals surface area contributed by atoms with Crippen molar-refractivity contribution in [2.24, 2.45) is 0 Å². The van der Waals surface area contributed by atoms with E-state index in [2.05, 4.69) is 5.32 Å². The van der Waals surface area contributed by atoms with Gasteiger partial charge in [0.1, 0.15) is 6.04 Å². The van der Waals surface area contributed by atoms with Gasteiger partial charge in [-0.25, -0.2) is 4.79 Å². The number of amides is 1. The van der Waals surface area contributed by atoms with Crippen LogP contribution in [-0.2, 0) is 9.59 Å². The number of hydrogen-bond acceptors (Lipinski definition) is 4. The van der Waals surface area contributed by atoms with Crippen LogP contribution in [-0.4, -0.2) is 39.6 Å². The summed E-state index contributed by atoms with van der Waals surface area (Å²) >= 11 is 1.29. The van der Waals surface area contributed by atoms with Crippen molar-refractivity contribution >= 4 is 23.6 Å². The molecular weight excluding hydrogens is 272 g/mol. The first-order valence-electron chi connectivity index (χ1n) is 5.81. The Bertz CT molecular complexity index is 424. The summed E-state index contributed by atoms with van der Waals surface area (Å²) in [5.41, 5.74) is 0.793. The van der Waals surface area contributed by atoms with Gasteiger partial charge in [-0.05, 0) is 5.56 Å². The molecule has 1 unspecified atom stereocenters. The molecule has 0 aliphatic carbocycles. The predicted molar refractivity (Wildman–Crippen MR) is 74.0 cm³/mol. The van der Waals surface area contributed by atoms with E-state index < -0.39 is 18.1 Å². The highest BCUT2D eigenvalue weighted by Gasteiger charge is 2.19. The number of aliphatic carboxylic acids is 1. The monoisotopic (exact) mass is 289 g/mol. The van der Waals surface area contributed by atoms with Crippen LogP contribution in [0.2, 0.25) is 0 Å². The van der Waals surface area contributed by atoms with Gasteiger partial charge in [-0.3, -0.25) is 4.79 Å². The molecule has 0 radical (unpaired) electrons. The zero-order chi connectivity index (χ0) is 14.3. The summed E-state index contributed by atoms with van der Waals surface area (Å²) in [4.78, 5) is 21.7. The summed E-state index contributed by atoms with van der Waals surface area (Å²) in [6.07, 6.45) is -0.641. The predicted octanol–water partition coefficient (Wildman–Crippen LogP) is 1.04. The van der Waals surface area contributed by atoms with Crippen molar-refractivity contribution in [1.82, 2.24) is 5.32 Å². The van der Waals surface area contributed by atoms with Crippen molar-refractivity contribution in [3.8, 4) is 0 Å². The minimum atomic E-state index is -1.07. The summed E-state index contributed by atoms with van der Waals surface area (Å²) in [6, 6.07) is 8.23. The molecule has 1 aromatic rings. The van der Waals surface area contributed by atoms with Gasteiger partial charge in [0.15, 0.2) is 0 Å². The second-order valence-corrected chi connectivity index (χ2v) is 5.13. The number of aliphatic hydroxyl groups is 1. The molecule has 0 heterocycles. The van der Waals surface area contributed by atoms with Crippen LogP contribution in [0, 0.1) is 0 Å². The van der Waals surface area contributed by atoms with Gasteiger partial charge in [-0.15, -0.1) is 0 Å². The Labute approximate surface area is 116 Å². The van der Waals surface area contributed by atoms with E-state index in [1.807, 2.05) is 30.3 Å². The smallest absolute Gasteiger partial charge is 0.327 e. The normalized spacial score (nSPS) is 13.6. The molecule has 6 heteroatoms. The first-order valence-corrected chi connectivity index (χ1v) is 6.97. The summed E-state index contributed by atoms with van der Waals surface area (Å²) in [5.74, 6) is -0.847. The maximum atomic E-state index is 10.9. The molecule has 19 heavy (non-hydrogen) atoms. The van der Waals surface area contributed by atoms with E-state index in [0.29, 0.717) is 5.75 Å². The number of carbonyl (C=O) groups excluding carboxylic acids is 1. The summed E-state index contributed by atoms with van der Waals surface area (Å²) in [6.45, 7) is 1.28. The Morgan fingerprint density at radius 2 is 1.89 bits per heavy atom. The van der Waals surface area contributed by atoms with E-state index >= 15 is 0 Å². The molecule has 1 rings (SSSR count). The molecule has 1 amide bonds. The first-order chi connectivity index (χ1) is 9.00. The van der Waals surface area contributed by atoms with Crippen LogP contribution in [0.15, 0.2) is 30.3 Å². The van der Waals surface area contributed by atoms with Gasteiger partial charge in [-0.2, -0.15) is 11.8 Å². The maximum absolute atomic E-state index is 10.9. The summed E-state index contributed by atoms with van der Waals surface area (Å²) < 4.78 is 0. The van der Waals surface area contributed by atoms with Crippen LogP contribution in [0.5, 0.6) is 0 Å². The number of rotatable bonds is 7. The summed E-state index contributed by atoms with van der Waals surface area (Å²) in [7, 11) is 0. The van der Waals surface area contributed by atoms with Gasteiger partial charge in [0.05, 0.1) is 6.10 Å². The third kappa shape index (κ3) is 5.76. The lowest BCUT2D eigenvalue weighted by molar-refractivity contribution is -0.140. The minimum Gasteiger partial charge on any atom is -0.480 e. The highest BCUT2D eigenvalue weighted by atomic mass is 32.2. The summed E-state index contributed by atoms with van der Waals surface area (Å²) in [5, 5.41) is 21.2. The van der Waals surface area contributed by atoms with Crippen LogP contribution in [0.1, 0.15) is 18.6 Å². The van der Waals surface area contributed by atoms with Crippen molar-refractivity contribution < 1.29 is 19.8 Å². The van der Waals surface area contributed by atoms with Crippen LogP contribution < -0.4 is 5.32 Å². The standard InChI is InChI=1S/C13H17NO4S/c1-9(15)14-11(13(17)18)7-19-8-12(16)10-5-3-2-4-6-10/h2-6,11-12,16H,7-8H2,1H3,(H,14,15)(H,17,18)/t11-,12?/m0/s1/i2+1,3+1,4+1,5+1,6+1,10+1. The molecule has 2 atom stereocenters. The zero-order valence-corrected chi connectivity index (χ0v) is 11.4. The van der Waals surface area contributed by atoms with E-state index in [-0.39, 0.29) is 11.7 Å². The number of carboxylic acids is 1. The largest absolute Gasteiger partial charge is 0.480 e. The lowest BCUT2D eigenvalue weighted by atomic mass is 10.3. The fraction of sp³-hybridized carbons (Fsp3) is 0.385. The molecule has 0 aromatic heterocycles. The average Bonchev–Trinajstić information content (AvgIpc) is 2.37. The van der Waals surface area contributed by atoms with E-state index in [0.717, 1.165) is 5.56 Å². The second-order valence-electron chi connectivity index (χ2n) is 4.06. The van der Waals surface area contributed by atoms with Crippen molar-refractivity contribution in [2.75, 3.05) is 11.5 Å². The van der Waals surface area contributed by atoms with Crippen LogP contribution >= 0.6 is 11.8 Å². The number of nitrogens with one attached hydrogen (secondary N) is 1. The Balaban J connectivity index is 2.40. The number of thioether (sulfide) groups is 1. The van der Waals surface area contributed by atoms with E-state index in [1.165, 1.54) is 18.7 Å². The maximum Gasteiger partial charge on any atom is 0.327 e. The van der Waals surface area contributed by atoms with Gasteiger partial charge in [-0.1, -0.05) is 30.3 Å². The first kappa shape index (κ1) is 15.5.